The van der Waals surface area contributed by atoms with Crippen molar-refractivity contribution in [1.29, 1.82) is 0 Å². The molecule has 1 heterocycles. The van der Waals surface area contributed by atoms with E-state index in [1.54, 1.807) is 11.3 Å². The summed E-state index contributed by atoms with van der Waals surface area (Å²) >= 11 is 1.71. The van der Waals surface area contributed by atoms with E-state index in [0.717, 1.165) is 0 Å². The number of hydrogen-bond donors (Lipinski definition) is 0. The maximum Gasteiger partial charge on any atom is 0.0597 e. The Bertz CT molecular complexity index is 236. The van der Waals surface area contributed by atoms with Crippen LogP contribution in [0.5, 0.6) is 0 Å². The lowest BCUT2D eigenvalue weighted by Gasteiger charge is -2.13. The van der Waals surface area contributed by atoms with Crippen molar-refractivity contribution < 1.29 is 0 Å². The molecule has 0 radical (unpaired) electrons. The highest BCUT2D eigenvalue weighted by molar-refractivity contribution is 7.10. The maximum atomic E-state index is 5.35. The van der Waals surface area contributed by atoms with Gasteiger partial charge in [0.05, 0.1) is 5.41 Å². The van der Waals surface area contributed by atoms with E-state index in [0.29, 0.717) is 0 Å². The van der Waals surface area contributed by atoms with Crippen LogP contribution >= 0.6 is 11.3 Å². The molecule has 0 N–H and O–H groups in total. The van der Waals surface area contributed by atoms with Gasteiger partial charge < -0.3 is 0 Å². The Morgan fingerprint density at radius 2 is 2.30 bits per heavy atom. The van der Waals surface area contributed by atoms with Gasteiger partial charge in [0.15, 0.2) is 0 Å². The molecule has 0 spiro atoms. The van der Waals surface area contributed by atoms with Crippen LogP contribution in [0.1, 0.15) is 18.7 Å². The highest BCUT2D eigenvalue weighted by Crippen LogP contribution is 2.25. The van der Waals surface area contributed by atoms with Crippen LogP contribution in [0.4, 0.5) is 0 Å². The largest absolute Gasteiger partial charge is 0.147 e. The number of rotatable bonds is 1. The summed E-state index contributed by atoms with van der Waals surface area (Å²) < 4.78 is 0. The van der Waals surface area contributed by atoms with Gasteiger partial charge in [-0.3, -0.25) is 0 Å². The van der Waals surface area contributed by atoms with Gasteiger partial charge in [-0.15, -0.1) is 17.8 Å². The summed E-state index contributed by atoms with van der Waals surface area (Å²) in [6, 6.07) is 4.10. The molecule has 52 valence electrons. The molecule has 0 aliphatic carbocycles. The molecule has 0 nitrogen and oxygen atoms in total. The smallest absolute Gasteiger partial charge is 0.0597 e. The van der Waals surface area contributed by atoms with Crippen molar-refractivity contribution in [3.63, 3.8) is 0 Å². The summed E-state index contributed by atoms with van der Waals surface area (Å²) in [7, 11) is 0. The molecule has 1 aromatic heterocycles. The van der Waals surface area contributed by atoms with Crippen LogP contribution in [-0.4, -0.2) is 0 Å². The van der Waals surface area contributed by atoms with Crippen molar-refractivity contribution in [1.82, 2.24) is 0 Å². The molecule has 1 heteroatoms. The van der Waals surface area contributed by atoms with E-state index in [9.17, 15) is 0 Å². The Morgan fingerprint density at radius 1 is 1.60 bits per heavy atom. The van der Waals surface area contributed by atoms with Crippen molar-refractivity contribution in [2.24, 2.45) is 0 Å². The van der Waals surface area contributed by atoms with E-state index in [1.165, 1.54) is 4.88 Å². The molecule has 0 amide bonds. The van der Waals surface area contributed by atoms with E-state index >= 15 is 0 Å². The summed E-state index contributed by atoms with van der Waals surface area (Å²) in [5, 5.41) is 2.05. The molecule has 0 fully saturated rings. The summed E-state index contributed by atoms with van der Waals surface area (Å²) in [6.45, 7) is 4.11. The van der Waals surface area contributed by atoms with E-state index in [2.05, 4.69) is 31.2 Å². The average molecular weight is 150 g/mol. The van der Waals surface area contributed by atoms with Gasteiger partial charge in [-0.25, -0.2) is 0 Å². The molecule has 0 unspecified atom stereocenters. The van der Waals surface area contributed by atoms with Gasteiger partial charge in [-0.05, 0) is 25.3 Å². The van der Waals surface area contributed by atoms with Crippen LogP contribution in [0, 0.1) is 12.3 Å². The van der Waals surface area contributed by atoms with Crippen LogP contribution in [0.25, 0.3) is 0 Å². The van der Waals surface area contributed by atoms with E-state index < -0.39 is 0 Å². The van der Waals surface area contributed by atoms with Gasteiger partial charge in [-0.1, -0.05) is 12.0 Å². The number of terminal acetylenes is 1. The zero-order valence-electron chi connectivity index (χ0n) is 6.22. The Morgan fingerprint density at radius 3 is 2.70 bits per heavy atom. The first kappa shape index (κ1) is 7.37. The maximum absolute atomic E-state index is 5.35. The molecule has 0 aliphatic heterocycles. The molecule has 10 heavy (non-hydrogen) atoms. The first-order chi connectivity index (χ1) is 4.67. The SMILES string of the molecule is C#CC(C)(C)c1cccs1. The highest BCUT2D eigenvalue weighted by atomic mass is 32.1. The third-order valence-electron chi connectivity index (χ3n) is 1.50. The lowest BCUT2D eigenvalue weighted by atomic mass is 9.93. The second kappa shape index (κ2) is 2.48. The van der Waals surface area contributed by atoms with Crippen molar-refractivity contribution in [3.8, 4) is 12.3 Å². The summed E-state index contributed by atoms with van der Waals surface area (Å²) in [5.74, 6) is 2.75. The van der Waals surface area contributed by atoms with Gasteiger partial charge in [0.1, 0.15) is 0 Å². The van der Waals surface area contributed by atoms with Gasteiger partial charge in [0.2, 0.25) is 0 Å². The molecular formula is C9H10S. The third-order valence-corrected chi connectivity index (χ3v) is 2.69. The molecule has 0 bridgehead atoms. The van der Waals surface area contributed by atoms with Crippen LogP contribution in [0.2, 0.25) is 0 Å². The van der Waals surface area contributed by atoms with Gasteiger partial charge in [0.25, 0.3) is 0 Å². The van der Waals surface area contributed by atoms with Crippen molar-refractivity contribution in [3.05, 3.63) is 22.4 Å². The Hall–Kier alpha value is -0.740. The summed E-state index contributed by atoms with van der Waals surface area (Å²) in [6.07, 6.45) is 5.35. The fraction of sp³-hybridized carbons (Fsp3) is 0.333. The average Bonchev–Trinajstić information content (AvgIpc) is 2.38. The van der Waals surface area contributed by atoms with Crippen LogP contribution in [-0.2, 0) is 5.41 Å². The second-order valence-electron chi connectivity index (χ2n) is 2.75. The lowest BCUT2D eigenvalue weighted by molar-refractivity contribution is 0.716. The van der Waals surface area contributed by atoms with Gasteiger partial charge in [-0.2, -0.15) is 0 Å². The van der Waals surface area contributed by atoms with E-state index in [4.69, 9.17) is 6.42 Å². The zero-order chi connectivity index (χ0) is 7.61. The van der Waals surface area contributed by atoms with Crippen molar-refractivity contribution in [2.75, 3.05) is 0 Å². The predicted octanol–water partition coefficient (Wildman–Crippen LogP) is 2.66. The number of hydrogen-bond acceptors (Lipinski definition) is 1. The first-order valence-corrected chi connectivity index (χ1v) is 4.06. The molecule has 0 atom stereocenters. The quantitative estimate of drug-likeness (QED) is 0.540. The molecule has 0 saturated carbocycles. The minimum absolute atomic E-state index is 0.0891. The molecule has 1 rings (SSSR count). The normalized spacial score (nSPS) is 10.9. The van der Waals surface area contributed by atoms with Crippen LogP contribution < -0.4 is 0 Å². The summed E-state index contributed by atoms with van der Waals surface area (Å²) in [4.78, 5) is 1.26. The molecule has 0 aliphatic rings. The van der Waals surface area contributed by atoms with Crippen molar-refractivity contribution in [2.45, 2.75) is 19.3 Å². The topological polar surface area (TPSA) is 0 Å². The second-order valence-corrected chi connectivity index (χ2v) is 3.69. The lowest BCUT2D eigenvalue weighted by Crippen LogP contribution is -2.10. The fourth-order valence-electron chi connectivity index (χ4n) is 0.705. The third kappa shape index (κ3) is 1.22. The first-order valence-electron chi connectivity index (χ1n) is 3.18. The molecule has 0 saturated heterocycles. The minimum atomic E-state index is -0.0891. The molecule has 0 aromatic carbocycles. The molecular weight excluding hydrogens is 140 g/mol. The Labute approximate surface area is 65.9 Å². The van der Waals surface area contributed by atoms with Gasteiger partial charge in [0, 0.05) is 4.88 Å². The standard InChI is InChI=1S/C9H10S/c1-4-9(2,3)8-6-5-7-10-8/h1,5-7H,2-3H3. The van der Waals surface area contributed by atoms with Crippen LogP contribution in [0.3, 0.4) is 0 Å². The predicted molar refractivity (Wildman–Crippen MR) is 46.2 cm³/mol. The fourth-order valence-corrected chi connectivity index (χ4v) is 1.52. The number of thiophene rings is 1. The van der Waals surface area contributed by atoms with E-state index in [-0.39, 0.29) is 5.41 Å². The summed E-state index contributed by atoms with van der Waals surface area (Å²) in [5.41, 5.74) is -0.0891. The monoisotopic (exact) mass is 150 g/mol. The minimum Gasteiger partial charge on any atom is -0.147 e. The van der Waals surface area contributed by atoms with Crippen LogP contribution in [0.15, 0.2) is 17.5 Å². The Kier molecular flexibility index (Phi) is 1.82. The highest BCUT2D eigenvalue weighted by Gasteiger charge is 2.17. The molecule has 1 aromatic rings. The zero-order valence-corrected chi connectivity index (χ0v) is 7.03. The van der Waals surface area contributed by atoms with E-state index in [1.807, 2.05) is 6.07 Å². The van der Waals surface area contributed by atoms with Gasteiger partial charge >= 0.3 is 0 Å². The van der Waals surface area contributed by atoms with Crippen molar-refractivity contribution >= 4 is 11.3 Å². The Balaban J connectivity index is 2.99.